The highest BCUT2D eigenvalue weighted by Crippen LogP contribution is 2.29. The minimum Gasteiger partial charge on any atom is -0.410 e. The van der Waals surface area contributed by atoms with E-state index in [2.05, 4.69) is 5.16 Å². The Morgan fingerprint density at radius 3 is 2.47 bits per heavy atom. The highest BCUT2D eigenvalue weighted by Gasteiger charge is 2.07. The number of oxime groups is 1. The van der Waals surface area contributed by atoms with Crippen LogP contribution in [-0.4, -0.2) is 23.4 Å². The van der Waals surface area contributed by atoms with Crippen molar-refractivity contribution in [1.29, 1.82) is 5.26 Å². The van der Waals surface area contributed by atoms with Gasteiger partial charge in [0.15, 0.2) is 5.71 Å². The second kappa shape index (κ2) is 5.69. The zero-order valence-corrected chi connectivity index (χ0v) is 10.0. The second-order valence-electron chi connectivity index (χ2n) is 2.63. The molecule has 78 valence electrons. The first-order valence-corrected chi connectivity index (χ1v) is 6.56. The van der Waals surface area contributed by atoms with Crippen molar-refractivity contribution < 1.29 is 5.21 Å². The van der Waals surface area contributed by atoms with Gasteiger partial charge in [-0.15, -0.1) is 23.5 Å². The molecule has 3 nitrogen and oxygen atoms in total. The molecule has 0 aliphatic carbocycles. The van der Waals surface area contributed by atoms with Gasteiger partial charge >= 0.3 is 0 Å². The van der Waals surface area contributed by atoms with E-state index in [1.807, 2.05) is 30.7 Å². The SMILES string of the molecule is CSc1ccc(/C(C#N)=N/O)cc1SC. The summed E-state index contributed by atoms with van der Waals surface area (Å²) in [5.74, 6) is 0. The maximum absolute atomic E-state index is 8.72. The molecule has 1 rings (SSSR count). The van der Waals surface area contributed by atoms with Crippen molar-refractivity contribution in [3.63, 3.8) is 0 Å². The van der Waals surface area contributed by atoms with Gasteiger partial charge < -0.3 is 5.21 Å². The Bertz CT molecular complexity index is 424. The van der Waals surface area contributed by atoms with Gasteiger partial charge in [-0.05, 0) is 24.6 Å². The lowest BCUT2D eigenvalue weighted by Crippen LogP contribution is -1.97. The number of thioether (sulfide) groups is 2. The van der Waals surface area contributed by atoms with Crippen molar-refractivity contribution in [1.82, 2.24) is 0 Å². The predicted octanol–water partition coefficient (Wildman–Crippen LogP) is 2.83. The summed E-state index contributed by atoms with van der Waals surface area (Å²) in [7, 11) is 0. The fraction of sp³-hybridized carbons (Fsp3) is 0.200. The molecule has 0 aromatic heterocycles. The van der Waals surface area contributed by atoms with E-state index < -0.39 is 0 Å². The summed E-state index contributed by atoms with van der Waals surface area (Å²) in [6.07, 6.45) is 3.97. The molecule has 0 aliphatic rings. The maximum Gasteiger partial charge on any atom is 0.186 e. The van der Waals surface area contributed by atoms with E-state index in [9.17, 15) is 0 Å². The van der Waals surface area contributed by atoms with Gasteiger partial charge in [0, 0.05) is 15.4 Å². The number of hydrogen-bond donors (Lipinski definition) is 1. The van der Waals surface area contributed by atoms with Gasteiger partial charge in [-0.1, -0.05) is 11.2 Å². The van der Waals surface area contributed by atoms with E-state index in [1.165, 1.54) is 0 Å². The molecule has 1 aromatic carbocycles. The fourth-order valence-electron chi connectivity index (χ4n) is 1.13. The molecular formula is C10H10N2OS2. The highest BCUT2D eigenvalue weighted by molar-refractivity contribution is 8.01. The van der Waals surface area contributed by atoms with Crippen molar-refractivity contribution >= 4 is 29.2 Å². The zero-order valence-electron chi connectivity index (χ0n) is 8.39. The molecule has 1 aromatic rings. The maximum atomic E-state index is 8.72. The van der Waals surface area contributed by atoms with E-state index in [0.29, 0.717) is 5.56 Å². The minimum absolute atomic E-state index is 0.0398. The molecule has 15 heavy (non-hydrogen) atoms. The summed E-state index contributed by atoms with van der Waals surface area (Å²) < 4.78 is 0. The molecule has 0 heterocycles. The number of nitrogens with zero attached hydrogens (tertiary/aromatic N) is 2. The van der Waals surface area contributed by atoms with Crippen molar-refractivity contribution in [2.24, 2.45) is 5.16 Å². The largest absolute Gasteiger partial charge is 0.410 e. The Morgan fingerprint density at radius 2 is 2.00 bits per heavy atom. The average molecular weight is 238 g/mol. The first kappa shape index (κ1) is 12.0. The summed E-state index contributed by atoms with van der Waals surface area (Å²) in [5.41, 5.74) is 0.681. The van der Waals surface area contributed by atoms with Crippen LogP contribution in [0.4, 0.5) is 0 Å². The molecule has 0 saturated carbocycles. The number of nitriles is 1. The second-order valence-corrected chi connectivity index (χ2v) is 4.33. The Hall–Kier alpha value is -1.12. The summed E-state index contributed by atoms with van der Waals surface area (Å²) >= 11 is 3.26. The van der Waals surface area contributed by atoms with Crippen LogP contribution in [0.3, 0.4) is 0 Å². The summed E-state index contributed by atoms with van der Waals surface area (Å²) in [6.45, 7) is 0. The van der Waals surface area contributed by atoms with Crippen LogP contribution in [-0.2, 0) is 0 Å². The van der Waals surface area contributed by atoms with Crippen LogP contribution in [0.15, 0.2) is 33.1 Å². The Kier molecular flexibility index (Phi) is 4.53. The van der Waals surface area contributed by atoms with Crippen molar-refractivity contribution in [3.05, 3.63) is 23.8 Å². The smallest absolute Gasteiger partial charge is 0.186 e. The van der Waals surface area contributed by atoms with Crippen LogP contribution >= 0.6 is 23.5 Å². The quantitative estimate of drug-likeness (QED) is 0.381. The van der Waals surface area contributed by atoms with E-state index in [1.54, 1.807) is 29.6 Å². The standard InChI is InChI=1S/C10H10N2OS2/c1-14-9-4-3-7(5-10(9)15-2)8(6-11)12-13/h3-5,13H,1-2H3/b12-8+. The Morgan fingerprint density at radius 1 is 1.33 bits per heavy atom. The molecule has 0 saturated heterocycles. The van der Waals surface area contributed by atoms with Crippen molar-refractivity contribution in [2.45, 2.75) is 9.79 Å². The predicted molar refractivity (Wildman–Crippen MR) is 63.9 cm³/mol. The summed E-state index contributed by atoms with van der Waals surface area (Å²) in [6, 6.07) is 7.40. The number of hydrogen-bond acceptors (Lipinski definition) is 5. The summed E-state index contributed by atoms with van der Waals surface area (Å²) in [5, 5.41) is 20.3. The Balaban J connectivity index is 3.20. The number of benzene rings is 1. The van der Waals surface area contributed by atoms with Gasteiger partial charge in [0.25, 0.3) is 0 Å². The van der Waals surface area contributed by atoms with E-state index in [4.69, 9.17) is 10.5 Å². The first-order valence-electron chi connectivity index (χ1n) is 4.11. The third-order valence-corrected chi connectivity index (χ3v) is 3.57. The fourth-order valence-corrected chi connectivity index (χ4v) is 2.61. The molecule has 0 aliphatic heterocycles. The molecule has 5 heteroatoms. The van der Waals surface area contributed by atoms with E-state index >= 15 is 0 Å². The lowest BCUT2D eigenvalue weighted by Gasteiger charge is -2.05. The molecule has 0 amide bonds. The van der Waals surface area contributed by atoms with Crippen LogP contribution in [0, 0.1) is 11.3 Å². The average Bonchev–Trinajstić information content (AvgIpc) is 2.30. The van der Waals surface area contributed by atoms with Gasteiger partial charge in [-0.2, -0.15) is 5.26 Å². The van der Waals surface area contributed by atoms with Crippen LogP contribution in [0.25, 0.3) is 0 Å². The molecule has 1 N–H and O–H groups in total. The monoisotopic (exact) mass is 238 g/mol. The van der Waals surface area contributed by atoms with Crippen LogP contribution < -0.4 is 0 Å². The summed E-state index contributed by atoms with van der Waals surface area (Å²) in [4.78, 5) is 2.23. The van der Waals surface area contributed by atoms with Gasteiger partial charge in [0.05, 0.1) is 0 Å². The minimum atomic E-state index is 0.0398. The van der Waals surface area contributed by atoms with Crippen molar-refractivity contribution in [2.75, 3.05) is 12.5 Å². The number of rotatable bonds is 3. The molecular weight excluding hydrogens is 228 g/mol. The molecule has 0 unspecified atom stereocenters. The highest BCUT2D eigenvalue weighted by atomic mass is 32.2. The third kappa shape index (κ3) is 2.67. The van der Waals surface area contributed by atoms with Gasteiger partial charge in [-0.25, -0.2) is 0 Å². The van der Waals surface area contributed by atoms with Gasteiger partial charge in [0.1, 0.15) is 6.07 Å². The van der Waals surface area contributed by atoms with Gasteiger partial charge in [0.2, 0.25) is 0 Å². The molecule has 0 bridgehead atoms. The molecule has 0 atom stereocenters. The van der Waals surface area contributed by atoms with Crippen LogP contribution in [0.5, 0.6) is 0 Å². The lowest BCUT2D eigenvalue weighted by atomic mass is 10.1. The molecule has 0 radical (unpaired) electrons. The Labute approximate surface area is 97.2 Å². The van der Waals surface area contributed by atoms with E-state index in [-0.39, 0.29) is 5.71 Å². The zero-order chi connectivity index (χ0) is 11.3. The van der Waals surface area contributed by atoms with Crippen molar-refractivity contribution in [3.8, 4) is 6.07 Å². The van der Waals surface area contributed by atoms with Crippen LogP contribution in [0.2, 0.25) is 0 Å². The van der Waals surface area contributed by atoms with Crippen LogP contribution in [0.1, 0.15) is 5.56 Å². The third-order valence-electron chi connectivity index (χ3n) is 1.86. The van der Waals surface area contributed by atoms with E-state index in [0.717, 1.165) is 9.79 Å². The van der Waals surface area contributed by atoms with Gasteiger partial charge in [-0.3, -0.25) is 0 Å². The molecule has 0 spiro atoms. The molecule has 0 fully saturated rings. The normalized spacial score (nSPS) is 11.1. The lowest BCUT2D eigenvalue weighted by molar-refractivity contribution is 0.320. The topological polar surface area (TPSA) is 56.4 Å². The first-order chi connectivity index (χ1) is 7.26.